The molecule has 4 aromatic rings. The van der Waals surface area contributed by atoms with Crippen molar-refractivity contribution in [2.75, 3.05) is 12.4 Å². The first-order chi connectivity index (χ1) is 18.7. The normalized spacial score (nSPS) is 17.9. The smallest absolute Gasteiger partial charge is 0.180 e. The molecule has 39 heavy (non-hydrogen) atoms. The standard InChI is InChI=1S/C33H29Cl2NO3/c1-33(2)16-24-29-23-7-5-4-6-20(23)10-13-26(29)36-31(30(24)27(37)17-33)21-14-25(35)32(28(15-21)38-3)39-18-19-8-11-22(34)12-9-19/h4-15,31,36H,16-18H2,1-3H3/t31-/m0/s1. The maximum atomic E-state index is 13.8. The zero-order valence-corrected chi connectivity index (χ0v) is 23.6. The van der Waals surface area contributed by atoms with Gasteiger partial charge in [0.25, 0.3) is 0 Å². The second-order valence-corrected chi connectivity index (χ2v) is 11.9. The van der Waals surface area contributed by atoms with Gasteiger partial charge in [0.15, 0.2) is 17.3 Å². The van der Waals surface area contributed by atoms with E-state index in [1.165, 1.54) is 0 Å². The van der Waals surface area contributed by atoms with Crippen molar-refractivity contribution >= 4 is 51.0 Å². The fraction of sp³-hybridized carbons (Fsp3) is 0.242. The number of carbonyl (C=O) groups is 1. The maximum absolute atomic E-state index is 13.8. The van der Waals surface area contributed by atoms with E-state index >= 15 is 0 Å². The van der Waals surface area contributed by atoms with Crippen LogP contribution >= 0.6 is 23.2 Å². The zero-order valence-electron chi connectivity index (χ0n) is 22.1. The number of carbonyl (C=O) groups excluding carboxylic acids is 1. The van der Waals surface area contributed by atoms with Crippen LogP contribution in [0.3, 0.4) is 0 Å². The van der Waals surface area contributed by atoms with Crippen LogP contribution < -0.4 is 14.8 Å². The minimum absolute atomic E-state index is 0.124. The van der Waals surface area contributed by atoms with E-state index in [0.29, 0.717) is 34.6 Å². The van der Waals surface area contributed by atoms with Crippen molar-refractivity contribution in [2.24, 2.45) is 5.41 Å². The second-order valence-electron chi connectivity index (χ2n) is 11.1. The number of allylic oxidation sites excluding steroid dienone is 1. The molecule has 0 bridgehead atoms. The molecule has 6 rings (SSSR count). The van der Waals surface area contributed by atoms with Gasteiger partial charge < -0.3 is 14.8 Å². The van der Waals surface area contributed by atoms with E-state index in [9.17, 15) is 4.79 Å². The Morgan fingerprint density at radius 3 is 2.51 bits per heavy atom. The van der Waals surface area contributed by atoms with Crippen LogP contribution in [0.4, 0.5) is 5.69 Å². The first-order valence-corrected chi connectivity index (χ1v) is 13.8. The highest BCUT2D eigenvalue weighted by atomic mass is 35.5. The lowest BCUT2D eigenvalue weighted by Gasteiger charge is -2.40. The maximum Gasteiger partial charge on any atom is 0.180 e. The summed E-state index contributed by atoms with van der Waals surface area (Å²) in [5.74, 6) is 1.14. The van der Waals surface area contributed by atoms with Crippen LogP contribution in [0, 0.1) is 5.41 Å². The quantitative estimate of drug-likeness (QED) is 0.266. The van der Waals surface area contributed by atoms with Crippen molar-refractivity contribution < 1.29 is 14.3 Å². The van der Waals surface area contributed by atoms with E-state index in [2.05, 4.69) is 49.5 Å². The third-order valence-electron chi connectivity index (χ3n) is 7.62. The van der Waals surface area contributed by atoms with Crippen molar-refractivity contribution in [3.63, 3.8) is 0 Å². The summed E-state index contributed by atoms with van der Waals surface area (Å²) in [6.07, 6.45) is 1.32. The Hall–Kier alpha value is -3.47. The summed E-state index contributed by atoms with van der Waals surface area (Å²) in [5.41, 5.74) is 5.76. The van der Waals surface area contributed by atoms with Gasteiger partial charge in [0, 0.05) is 28.3 Å². The fourth-order valence-electron chi connectivity index (χ4n) is 5.87. The summed E-state index contributed by atoms with van der Waals surface area (Å²) in [7, 11) is 1.60. The molecule has 198 valence electrons. The van der Waals surface area contributed by atoms with Gasteiger partial charge in [-0.2, -0.15) is 0 Å². The van der Waals surface area contributed by atoms with Gasteiger partial charge in [0.2, 0.25) is 0 Å². The summed E-state index contributed by atoms with van der Waals surface area (Å²) in [5, 5.41) is 7.08. The van der Waals surface area contributed by atoms with E-state index in [4.69, 9.17) is 32.7 Å². The highest BCUT2D eigenvalue weighted by molar-refractivity contribution is 6.32. The number of benzene rings is 4. The molecule has 0 saturated carbocycles. The second kappa shape index (κ2) is 9.93. The number of anilines is 1. The molecule has 1 heterocycles. The summed E-state index contributed by atoms with van der Waals surface area (Å²) >= 11 is 12.8. The third kappa shape index (κ3) is 4.77. The van der Waals surface area contributed by atoms with Gasteiger partial charge in [-0.25, -0.2) is 0 Å². The third-order valence-corrected chi connectivity index (χ3v) is 8.15. The van der Waals surface area contributed by atoms with Crippen LogP contribution in [0.25, 0.3) is 16.3 Å². The van der Waals surface area contributed by atoms with Crippen molar-refractivity contribution in [1.29, 1.82) is 0 Å². The number of ether oxygens (including phenoxy) is 2. The van der Waals surface area contributed by atoms with Gasteiger partial charge in [0.1, 0.15) is 6.61 Å². The van der Waals surface area contributed by atoms with E-state index < -0.39 is 0 Å². The lowest BCUT2D eigenvalue weighted by atomic mass is 9.68. The van der Waals surface area contributed by atoms with Crippen molar-refractivity contribution in [1.82, 2.24) is 0 Å². The Bertz CT molecular complexity index is 1640. The van der Waals surface area contributed by atoms with Crippen LogP contribution in [-0.2, 0) is 11.4 Å². The number of fused-ring (bicyclic) bond motifs is 4. The van der Waals surface area contributed by atoms with Crippen LogP contribution in [-0.4, -0.2) is 12.9 Å². The number of rotatable bonds is 5. The Labute approximate surface area is 238 Å². The van der Waals surface area contributed by atoms with E-state index in [-0.39, 0.29) is 17.2 Å². The average molecular weight is 559 g/mol. The monoisotopic (exact) mass is 557 g/mol. The molecule has 4 nitrogen and oxygen atoms in total. The summed E-state index contributed by atoms with van der Waals surface area (Å²) < 4.78 is 11.8. The number of methoxy groups -OCH3 is 1. The highest BCUT2D eigenvalue weighted by Crippen LogP contribution is 2.53. The molecule has 0 aromatic heterocycles. The molecule has 1 aliphatic heterocycles. The molecule has 0 radical (unpaired) electrons. The molecule has 0 spiro atoms. The van der Waals surface area contributed by atoms with Gasteiger partial charge in [-0.1, -0.05) is 79.5 Å². The molecule has 0 saturated heterocycles. The van der Waals surface area contributed by atoms with Crippen LogP contribution in [0.15, 0.2) is 78.4 Å². The van der Waals surface area contributed by atoms with Gasteiger partial charge in [0.05, 0.1) is 18.2 Å². The van der Waals surface area contributed by atoms with Gasteiger partial charge >= 0.3 is 0 Å². The Balaban J connectivity index is 1.44. The topological polar surface area (TPSA) is 47.6 Å². The molecular formula is C33H29Cl2NO3. The van der Waals surface area contributed by atoms with Gasteiger partial charge in [-0.05, 0) is 69.6 Å². The van der Waals surface area contributed by atoms with Crippen molar-refractivity contribution in [3.8, 4) is 11.5 Å². The van der Waals surface area contributed by atoms with E-state index in [1.54, 1.807) is 7.11 Å². The van der Waals surface area contributed by atoms with Crippen LogP contribution in [0.1, 0.15) is 49.4 Å². The molecule has 0 amide bonds. The zero-order chi connectivity index (χ0) is 27.3. The van der Waals surface area contributed by atoms with Gasteiger partial charge in [-0.3, -0.25) is 4.79 Å². The summed E-state index contributed by atoms with van der Waals surface area (Å²) in [6.45, 7) is 4.66. The van der Waals surface area contributed by atoms with Crippen molar-refractivity contribution in [3.05, 3.63) is 105 Å². The average Bonchev–Trinajstić information content (AvgIpc) is 2.91. The van der Waals surface area contributed by atoms with Crippen molar-refractivity contribution in [2.45, 2.75) is 39.3 Å². The number of hydrogen-bond donors (Lipinski definition) is 1. The first-order valence-electron chi connectivity index (χ1n) is 13.0. The Kier molecular flexibility index (Phi) is 6.57. The predicted octanol–water partition coefficient (Wildman–Crippen LogP) is 9.04. The summed E-state index contributed by atoms with van der Waals surface area (Å²) in [6, 6.07) is 23.5. The van der Waals surface area contributed by atoms with E-state index in [0.717, 1.165) is 50.7 Å². The predicted molar refractivity (Wildman–Crippen MR) is 159 cm³/mol. The molecule has 1 aliphatic carbocycles. The number of nitrogens with one attached hydrogen (secondary N) is 1. The minimum atomic E-state index is -0.353. The highest BCUT2D eigenvalue weighted by Gasteiger charge is 2.41. The van der Waals surface area contributed by atoms with Crippen LogP contribution in [0.2, 0.25) is 10.0 Å². The molecule has 2 aliphatic rings. The SMILES string of the molecule is COc1cc([C@@H]2Nc3ccc4ccccc4c3C3=C2C(=O)CC(C)(C)C3)cc(Cl)c1OCc1ccc(Cl)cc1. The molecule has 1 N–H and O–H groups in total. The van der Waals surface area contributed by atoms with E-state index in [1.807, 2.05) is 42.5 Å². The Morgan fingerprint density at radius 2 is 1.74 bits per heavy atom. The number of halogens is 2. The molecule has 4 aromatic carbocycles. The fourth-order valence-corrected chi connectivity index (χ4v) is 6.27. The summed E-state index contributed by atoms with van der Waals surface area (Å²) in [4.78, 5) is 13.8. The number of Topliss-reactive ketones (excluding diaryl/α,β-unsaturated/α-hetero) is 1. The van der Waals surface area contributed by atoms with Gasteiger partial charge in [-0.15, -0.1) is 0 Å². The first kappa shape index (κ1) is 25.8. The minimum Gasteiger partial charge on any atom is -0.493 e. The Morgan fingerprint density at radius 1 is 0.974 bits per heavy atom. The molecule has 6 heteroatoms. The molecule has 0 unspecified atom stereocenters. The largest absolute Gasteiger partial charge is 0.493 e. The lowest BCUT2D eigenvalue weighted by molar-refractivity contribution is -0.118. The van der Waals surface area contributed by atoms with Crippen LogP contribution in [0.5, 0.6) is 11.5 Å². The number of ketones is 1. The lowest BCUT2D eigenvalue weighted by Crippen LogP contribution is -2.33. The molecular weight excluding hydrogens is 529 g/mol. The molecule has 0 fully saturated rings. The number of hydrogen-bond acceptors (Lipinski definition) is 4. The molecule has 1 atom stereocenters.